The van der Waals surface area contributed by atoms with Crippen molar-refractivity contribution >= 4 is 27.3 Å². The molecule has 9 heteroatoms. The van der Waals surface area contributed by atoms with Crippen LogP contribution in [0.3, 0.4) is 0 Å². The summed E-state index contributed by atoms with van der Waals surface area (Å²) in [6.07, 6.45) is 0. The number of benzene rings is 1. The van der Waals surface area contributed by atoms with Gasteiger partial charge in [0.05, 0.1) is 11.3 Å². The van der Waals surface area contributed by atoms with Gasteiger partial charge in [0.2, 0.25) is 5.91 Å². The number of methoxy groups -OCH3 is 1. The fourth-order valence-electron chi connectivity index (χ4n) is 2.68. The van der Waals surface area contributed by atoms with Gasteiger partial charge in [0.1, 0.15) is 23.0 Å². The molecule has 138 valence electrons. The van der Waals surface area contributed by atoms with Crippen LogP contribution in [-0.2, 0) is 24.9 Å². The fourth-order valence-corrected chi connectivity index (χ4v) is 4.39. The highest BCUT2D eigenvalue weighted by Gasteiger charge is 2.51. The van der Waals surface area contributed by atoms with E-state index in [4.69, 9.17) is 10.1 Å². The van der Waals surface area contributed by atoms with Gasteiger partial charge >= 0.3 is 0 Å². The van der Waals surface area contributed by atoms with Crippen LogP contribution in [0, 0.1) is 11.2 Å². The first-order valence-electron chi connectivity index (χ1n) is 7.61. The van der Waals surface area contributed by atoms with E-state index in [1.807, 2.05) is 0 Å². The summed E-state index contributed by atoms with van der Waals surface area (Å²) in [5.74, 6) is -1.61. The van der Waals surface area contributed by atoms with Crippen molar-refractivity contribution in [2.45, 2.75) is 31.1 Å². The van der Waals surface area contributed by atoms with Crippen LogP contribution >= 0.6 is 0 Å². The van der Waals surface area contributed by atoms with Gasteiger partial charge in [-0.05, 0) is 39.0 Å². The van der Waals surface area contributed by atoms with Crippen molar-refractivity contribution in [2.75, 3.05) is 24.8 Å². The lowest BCUT2D eigenvalue weighted by atomic mass is 9.91. The number of rotatable bonds is 4. The van der Waals surface area contributed by atoms with E-state index < -0.39 is 31.8 Å². The predicted molar refractivity (Wildman–Crippen MR) is 93.0 cm³/mol. The summed E-state index contributed by atoms with van der Waals surface area (Å²) in [5.41, 5.74) is -0.945. The zero-order valence-corrected chi connectivity index (χ0v) is 15.4. The molecule has 0 saturated carbocycles. The summed E-state index contributed by atoms with van der Waals surface area (Å²) in [5, 5.41) is 13.4. The summed E-state index contributed by atoms with van der Waals surface area (Å²) in [7, 11) is -2.31. The van der Waals surface area contributed by atoms with Crippen molar-refractivity contribution in [2.24, 2.45) is 0 Å². The zero-order valence-electron chi connectivity index (χ0n) is 14.6. The molecule has 0 spiro atoms. The van der Waals surface area contributed by atoms with Crippen molar-refractivity contribution in [1.82, 2.24) is 5.32 Å². The van der Waals surface area contributed by atoms with Gasteiger partial charge in [0.25, 0.3) is 0 Å². The van der Waals surface area contributed by atoms with Gasteiger partial charge in [-0.3, -0.25) is 10.2 Å². The minimum absolute atomic E-state index is 0.0616. The number of carbonyl (C=O) groups is 1. The molecule has 1 heterocycles. The van der Waals surface area contributed by atoms with Gasteiger partial charge in [-0.15, -0.1) is 0 Å². The molecule has 3 N–H and O–H groups in total. The van der Waals surface area contributed by atoms with Crippen LogP contribution in [0.15, 0.2) is 18.2 Å². The number of nitrogens with one attached hydrogen (secondary N) is 3. The molecule has 1 aromatic carbocycles. The highest BCUT2D eigenvalue weighted by molar-refractivity contribution is 7.93. The third-order valence-corrected chi connectivity index (χ3v) is 7.10. The SMILES string of the molecule is COCC(=O)Nc1ccc(F)c([C@]2(C)CS(=O)(=O)C(C)(C)C(=N)N2)c1. The molecule has 2 rings (SSSR count). The number of carbonyl (C=O) groups excluding carboxylic acids is 1. The van der Waals surface area contributed by atoms with Crippen molar-refractivity contribution in [3.63, 3.8) is 0 Å². The minimum Gasteiger partial charge on any atom is -0.375 e. The quantitative estimate of drug-likeness (QED) is 0.741. The molecule has 0 aromatic heterocycles. The largest absolute Gasteiger partial charge is 0.375 e. The second-order valence-electron chi connectivity index (χ2n) is 6.78. The Hall–Kier alpha value is -2.00. The zero-order chi connectivity index (χ0) is 19.0. The number of hydrogen-bond acceptors (Lipinski definition) is 5. The average Bonchev–Trinajstić information content (AvgIpc) is 2.47. The van der Waals surface area contributed by atoms with Crippen LogP contribution in [0.4, 0.5) is 10.1 Å². The minimum atomic E-state index is -3.69. The number of hydrogen-bond donors (Lipinski definition) is 3. The molecule has 0 radical (unpaired) electrons. The lowest BCUT2D eigenvalue weighted by Crippen LogP contribution is -2.64. The Kier molecular flexibility index (Phi) is 4.93. The van der Waals surface area contributed by atoms with Crippen LogP contribution < -0.4 is 10.6 Å². The molecule has 1 fully saturated rings. The van der Waals surface area contributed by atoms with Crippen LogP contribution in [0.1, 0.15) is 26.3 Å². The van der Waals surface area contributed by atoms with Crippen molar-refractivity contribution in [1.29, 1.82) is 5.41 Å². The molecule has 0 bridgehead atoms. The second-order valence-corrected chi connectivity index (χ2v) is 9.32. The van der Waals surface area contributed by atoms with Crippen LogP contribution in [0.2, 0.25) is 0 Å². The molecular formula is C16H22FN3O4S. The number of sulfone groups is 1. The normalized spacial score (nSPS) is 24.4. The van der Waals surface area contributed by atoms with Crippen molar-refractivity contribution in [3.05, 3.63) is 29.6 Å². The van der Waals surface area contributed by atoms with Crippen molar-refractivity contribution < 1.29 is 22.3 Å². The third-order valence-electron chi connectivity index (χ3n) is 4.38. The number of amidine groups is 1. The Morgan fingerprint density at radius 1 is 1.40 bits per heavy atom. The Balaban J connectivity index is 2.43. The van der Waals surface area contributed by atoms with E-state index in [2.05, 4.69) is 10.6 Å². The maximum Gasteiger partial charge on any atom is 0.250 e. The molecule has 0 aliphatic carbocycles. The van der Waals surface area contributed by atoms with Gasteiger partial charge in [-0.2, -0.15) is 0 Å². The fraction of sp³-hybridized carbons (Fsp3) is 0.500. The molecule has 0 unspecified atom stereocenters. The number of halogens is 1. The highest BCUT2D eigenvalue weighted by atomic mass is 32.2. The second kappa shape index (κ2) is 6.38. The summed E-state index contributed by atoms with van der Waals surface area (Å²) >= 11 is 0. The lowest BCUT2D eigenvalue weighted by molar-refractivity contribution is -0.119. The van der Waals surface area contributed by atoms with E-state index >= 15 is 0 Å². The first-order valence-corrected chi connectivity index (χ1v) is 9.26. The average molecular weight is 371 g/mol. The summed E-state index contributed by atoms with van der Waals surface area (Å²) in [6, 6.07) is 3.90. The van der Waals surface area contributed by atoms with E-state index in [1.165, 1.54) is 40.0 Å². The summed E-state index contributed by atoms with van der Waals surface area (Å²) in [6.45, 7) is 4.24. The molecule has 1 atom stereocenters. The highest BCUT2D eigenvalue weighted by Crippen LogP contribution is 2.35. The number of ether oxygens (including phenoxy) is 1. The lowest BCUT2D eigenvalue weighted by Gasteiger charge is -2.43. The first-order chi connectivity index (χ1) is 11.4. The van der Waals surface area contributed by atoms with E-state index in [0.29, 0.717) is 5.69 Å². The molecular weight excluding hydrogens is 349 g/mol. The van der Waals surface area contributed by atoms with E-state index in [0.717, 1.165) is 6.07 Å². The first kappa shape index (κ1) is 19.3. The van der Waals surface area contributed by atoms with Crippen LogP contribution in [-0.4, -0.2) is 44.4 Å². The Bertz CT molecular complexity index is 823. The predicted octanol–water partition coefficient (Wildman–Crippen LogP) is 1.40. The molecule has 1 amide bonds. The molecule has 25 heavy (non-hydrogen) atoms. The maximum absolute atomic E-state index is 14.4. The van der Waals surface area contributed by atoms with E-state index in [9.17, 15) is 17.6 Å². The third kappa shape index (κ3) is 3.52. The summed E-state index contributed by atoms with van der Waals surface area (Å²) < 4.78 is 42.9. The maximum atomic E-state index is 14.4. The van der Waals surface area contributed by atoms with E-state index in [1.54, 1.807) is 0 Å². The smallest absolute Gasteiger partial charge is 0.250 e. The standard InChI is InChI=1S/C16H22FN3O4S/c1-15(2)14(18)20-16(3,9-25(15,22)23)11-7-10(5-6-12(11)17)19-13(21)8-24-4/h5-7H,8-9H2,1-4H3,(H2,18,20)(H,19,21)/t16-/m0/s1. The van der Waals surface area contributed by atoms with Gasteiger partial charge in [-0.1, -0.05) is 0 Å². The number of amides is 1. The van der Waals surface area contributed by atoms with Gasteiger partial charge in [0, 0.05) is 18.4 Å². The molecule has 1 aliphatic rings. The molecule has 1 saturated heterocycles. The van der Waals surface area contributed by atoms with E-state index in [-0.39, 0.29) is 23.8 Å². The van der Waals surface area contributed by atoms with Crippen LogP contribution in [0.5, 0.6) is 0 Å². The number of anilines is 1. The monoisotopic (exact) mass is 371 g/mol. The summed E-state index contributed by atoms with van der Waals surface area (Å²) in [4.78, 5) is 11.6. The Labute approximate surface area is 146 Å². The van der Waals surface area contributed by atoms with Gasteiger partial charge in [0.15, 0.2) is 9.84 Å². The molecule has 7 nitrogen and oxygen atoms in total. The van der Waals surface area contributed by atoms with Gasteiger partial charge in [-0.25, -0.2) is 12.8 Å². The molecule has 1 aliphatic heterocycles. The Morgan fingerprint density at radius 3 is 2.60 bits per heavy atom. The topological polar surface area (TPSA) is 108 Å². The van der Waals surface area contributed by atoms with Crippen molar-refractivity contribution in [3.8, 4) is 0 Å². The Morgan fingerprint density at radius 2 is 2.04 bits per heavy atom. The van der Waals surface area contributed by atoms with Crippen LogP contribution in [0.25, 0.3) is 0 Å². The molecule has 1 aromatic rings. The van der Waals surface area contributed by atoms with Gasteiger partial charge < -0.3 is 15.4 Å².